The Morgan fingerprint density at radius 1 is 1.33 bits per heavy atom. The molecule has 0 bridgehead atoms. The topological polar surface area (TPSA) is 34.1 Å². The van der Waals surface area contributed by atoms with Crippen molar-refractivity contribution in [1.82, 2.24) is 10.3 Å². The number of nitrogens with one attached hydrogen (secondary N) is 1. The van der Waals surface area contributed by atoms with E-state index in [1.54, 1.807) is 0 Å². The van der Waals surface area contributed by atoms with Gasteiger partial charge in [-0.3, -0.25) is 4.98 Å². The van der Waals surface area contributed by atoms with Gasteiger partial charge in [0.05, 0.1) is 12.3 Å². The van der Waals surface area contributed by atoms with E-state index in [9.17, 15) is 0 Å². The highest BCUT2D eigenvalue weighted by Gasteiger charge is 2.22. The Kier molecular flexibility index (Phi) is 4.56. The van der Waals surface area contributed by atoms with Crippen LogP contribution in [-0.2, 0) is 0 Å². The van der Waals surface area contributed by atoms with E-state index in [-0.39, 0.29) is 6.04 Å². The molecule has 1 aromatic carbocycles. The van der Waals surface area contributed by atoms with Crippen LogP contribution in [0.2, 0.25) is 0 Å². The molecule has 0 saturated carbocycles. The van der Waals surface area contributed by atoms with Crippen molar-refractivity contribution < 1.29 is 4.74 Å². The van der Waals surface area contributed by atoms with Gasteiger partial charge < -0.3 is 10.1 Å². The van der Waals surface area contributed by atoms with E-state index in [1.807, 2.05) is 18.3 Å². The predicted octanol–water partition coefficient (Wildman–Crippen LogP) is 4.41. The lowest BCUT2D eigenvalue weighted by atomic mass is 10.0. The number of hydrogen-bond donors (Lipinski definition) is 1. The van der Waals surface area contributed by atoms with Crippen LogP contribution in [-0.4, -0.2) is 11.6 Å². The lowest BCUT2D eigenvalue weighted by molar-refractivity contribution is 0.314. The van der Waals surface area contributed by atoms with Crippen molar-refractivity contribution in [2.45, 2.75) is 31.8 Å². The van der Waals surface area contributed by atoms with Gasteiger partial charge in [-0.2, -0.15) is 0 Å². The summed E-state index contributed by atoms with van der Waals surface area (Å²) < 4.78 is 6.92. The SMILES string of the molecule is C[C@H](NC1CCCOc2cc(Br)ccc21)c1ccccn1. The molecule has 3 rings (SSSR count). The van der Waals surface area contributed by atoms with Crippen LogP contribution >= 0.6 is 15.9 Å². The first-order chi connectivity index (χ1) is 10.2. The van der Waals surface area contributed by atoms with Crippen molar-refractivity contribution >= 4 is 15.9 Å². The molecule has 0 amide bonds. The van der Waals surface area contributed by atoms with Crippen LogP contribution < -0.4 is 10.1 Å². The average Bonchev–Trinajstić information content (AvgIpc) is 2.70. The highest BCUT2D eigenvalue weighted by atomic mass is 79.9. The maximum atomic E-state index is 5.86. The number of fused-ring (bicyclic) bond motifs is 1. The van der Waals surface area contributed by atoms with Gasteiger partial charge in [0.2, 0.25) is 0 Å². The zero-order valence-electron chi connectivity index (χ0n) is 12.1. The average molecular weight is 347 g/mol. The molecule has 0 spiro atoms. The molecule has 4 heteroatoms. The smallest absolute Gasteiger partial charge is 0.125 e. The maximum absolute atomic E-state index is 5.86. The van der Waals surface area contributed by atoms with E-state index in [2.05, 4.69) is 57.4 Å². The molecule has 0 fully saturated rings. The number of nitrogens with zero attached hydrogens (tertiary/aromatic N) is 1. The first-order valence-corrected chi connectivity index (χ1v) is 8.12. The molecule has 1 aromatic heterocycles. The van der Waals surface area contributed by atoms with E-state index in [4.69, 9.17) is 4.74 Å². The van der Waals surface area contributed by atoms with Crippen LogP contribution in [0, 0.1) is 0 Å². The van der Waals surface area contributed by atoms with E-state index < -0.39 is 0 Å². The van der Waals surface area contributed by atoms with Crippen molar-refractivity contribution in [3.05, 3.63) is 58.3 Å². The summed E-state index contributed by atoms with van der Waals surface area (Å²) in [7, 11) is 0. The molecule has 2 atom stereocenters. The Hall–Kier alpha value is -1.39. The Labute approximate surface area is 133 Å². The fourth-order valence-corrected chi connectivity index (χ4v) is 3.08. The summed E-state index contributed by atoms with van der Waals surface area (Å²) in [6.07, 6.45) is 3.97. The van der Waals surface area contributed by atoms with E-state index in [1.165, 1.54) is 5.56 Å². The zero-order chi connectivity index (χ0) is 14.7. The van der Waals surface area contributed by atoms with Crippen molar-refractivity contribution in [3.8, 4) is 5.75 Å². The summed E-state index contributed by atoms with van der Waals surface area (Å²) in [5.74, 6) is 0.979. The van der Waals surface area contributed by atoms with Crippen molar-refractivity contribution in [2.75, 3.05) is 6.61 Å². The minimum Gasteiger partial charge on any atom is -0.493 e. The second kappa shape index (κ2) is 6.58. The van der Waals surface area contributed by atoms with Crippen LogP contribution in [0.4, 0.5) is 0 Å². The minimum atomic E-state index is 0.214. The number of pyridine rings is 1. The monoisotopic (exact) mass is 346 g/mol. The molecule has 1 N–H and O–H groups in total. The first kappa shape index (κ1) is 14.5. The Balaban J connectivity index is 1.82. The molecule has 3 nitrogen and oxygen atoms in total. The summed E-state index contributed by atoms with van der Waals surface area (Å²) >= 11 is 3.51. The van der Waals surface area contributed by atoms with Gasteiger partial charge in [-0.15, -0.1) is 0 Å². The third-order valence-electron chi connectivity index (χ3n) is 3.83. The van der Waals surface area contributed by atoms with Gasteiger partial charge in [0.25, 0.3) is 0 Å². The van der Waals surface area contributed by atoms with Gasteiger partial charge in [-0.1, -0.05) is 28.1 Å². The third-order valence-corrected chi connectivity index (χ3v) is 4.32. The fraction of sp³-hybridized carbons (Fsp3) is 0.353. The Bertz CT molecular complexity index is 603. The largest absolute Gasteiger partial charge is 0.493 e. The number of hydrogen-bond acceptors (Lipinski definition) is 3. The number of ether oxygens (including phenoxy) is 1. The van der Waals surface area contributed by atoms with Crippen molar-refractivity contribution in [3.63, 3.8) is 0 Å². The molecule has 2 aromatic rings. The van der Waals surface area contributed by atoms with E-state index in [0.717, 1.165) is 35.4 Å². The molecule has 21 heavy (non-hydrogen) atoms. The summed E-state index contributed by atoms with van der Waals surface area (Å²) in [4.78, 5) is 4.44. The van der Waals surface area contributed by atoms with Crippen LogP contribution in [0.1, 0.15) is 43.1 Å². The lowest BCUT2D eigenvalue weighted by Gasteiger charge is -2.23. The number of halogens is 1. The standard InChI is InChI=1S/C17H19BrN2O/c1-12(15-5-2-3-9-19-15)20-16-6-4-10-21-17-11-13(18)7-8-14(16)17/h2-3,5,7-9,11-12,16,20H,4,6,10H2,1H3/t12-,16?/m0/s1. The van der Waals surface area contributed by atoms with Gasteiger partial charge in [0.1, 0.15) is 5.75 Å². The second-order valence-corrected chi connectivity index (χ2v) is 6.28. The van der Waals surface area contributed by atoms with Crippen LogP contribution in [0.3, 0.4) is 0 Å². The van der Waals surface area contributed by atoms with Gasteiger partial charge in [0, 0.05) is 28.3 Å². The molecular weight excluding hydrogens is 328 g/mol. The van der Waals surface area contributed by atoms with Crippen molar-refractivity contribution in [1.29, 1.82) is 0 Å². The molecule has 0 radical (unpaired) electrons. The molecule has 1 aliphatic rings. The van der Waals surface area contributed by atoms with Gasteiger partial charge in [0.15, 0.2) is 0 Å². The maximum Gasteiger partial charge on any atom is 0.125 e. The Morgan fingerprint density at radius 3 is 3.05 bits per heavy atom. The quantitative estimate of drug-likeness (QED) is 0.893. The normalized spacial score (nSPS) is 19.2. The highest BCUT2D eigenvalue weighted by molar-refractivity contribution is 9.10. The molecule has 1 aliphatic heterocycles. The summed E-state index contributed by atoms with van der Waals surface area (Å²) in [6, 6.07) is 12.8. The Morgan fingerprint density at radius 2 is 2.24 bits per heavy atom. The fourth-order valence-electron chi connectivity index (χ4n) is 2.74. The molecule has 0 aliphatic carbocycles. The third kappa shape index (κ3) is 3.44. The molecule has 0 saturated heterocycles. The molecule has 1 unspecified atom stereocenters. The molecule has 2 heterocycles. The van der Waals surface area contributed by atoms with E-state index in [0.29, 0.717) is 6.04 Å². The van der Waals surface area contributed by atoms with Gasteiger partial charge in [-0.25, -0.2) is 0 Å². The highest BCUT2D eigenvalue weighted by Crippen LogP contribution is 2.34. The summed E-state index contributed by atoms with van der Waals surface area (Å²) in [6.45, 7) is 2.94. The molecular formula is C17H19BrN2O. The van der Waals surface area contributed by atoms with Gasteiger partial charge in [-0.05, 0) is 44.0 Å². The van der Waals surface area contributed by atoms with Crippen LogP contribution in [0.25, 0.3) is 0 Å². The predicted molar refractivity (Wildman–Crippen MR) is 87.4 cm³/mol. The van der Waals surface area contributed by atoms with Crippen molar-refractivity contribution in [2.24, 2.45) is 0 Å². The van der Waals surface area contributed by atoms with E-state index >= 15 is 0 Å². The molecule has 110 valence electrons. The minimum absolute atomic E-state index is 0.214. The van der Waals surface area contributed by atoms with Crippen LogP contribution in [0.5, 0.6) is 5.75 Å². The van der Waals surface area contributed by atoms with Gasteiger partial charge >= 0.3 is 0 Å². The summed E-state index contributed by atoms with van der Waals surface area (Å²) in [5, 5.41) is 3.69. The number of benzene rings is 1. The zero-order valence-corrected chi connectivity index (χ0v) is 13.6. The number of rotatable bonds is 3. The summed E-state index contributed by atoms with van der Waals surface area (Å²) in [5.41, 5.74) is 2.31. The second-order valence-electron chi connectivity index (χ2n) is 5.37. The van der Waals surface area contributed by atoms with Crippen LogP contribution in [0.15, 0.2) is 47.1 Å². The number of aromatic nitrogens is 1. The lowest BCUT2D eigenvalue weighted by Crippen LogP contribution is -2.25. The first-order valence-electron chi connectivity index (χ1n) is 7.33.